The molecule has 1 amide bonds. The van der Waals surface area contributed by atoms with Gasteiger partial charge < -0.3 is 30.0 Å². The fourth-order valence-electron chi connectivity index (χ4n) is 4.45. The molecule has 0 bridgehead atoms. The van der Waals surface area contributed by atoms with Crippen molar-refractivity contribution in [3.8, 4) is 17.2 Å². The quantitative estimate of drug-likeness (QED) is 0.452. The van der Waals surface area contributed by atoms with Crippen molar-refractivity contribution in [2.75, 3.05) is 52.7 Å². The molecular weight excluding hydrogens is 448 g/mol. The summed E-state index contributed by atoms with van der Waals surface area (Å²) in [6.07, 6.45) is 0. The number of aromatic amines is 1. The van der Waals surface area contributed by atoms with E-state index in [1.165, 1.54) is 7.11 Å². The number of nitrogens with zero attached hydrogens (tertiary/aromatic N) is 4. The van der Waals surface area contributed by atoms with Crippen LogP contribution in [0.4, 0.5) is 5.82 Å². The third-order valence-corrected chi connectivity index (χ3v) is 6.50. The lowest BCUT2D eigenvalue weighted by molar-refractivity contribution is -0.134. The maximum Gasteiger partial charge on any atom is 0.261 e. The number of H-pyrrole nitrogens is 1. The van der Waals surface area contributed by atoms with Crippen LogP contribution in [0.1, 0.15) is 5.56 Å². The Morgan fingerprint density at radius 3 is 2.60 bits per heavy atom. The molecule has 3 N–H and O–H groups in total. The summed E-state index contributed by atoms with van der Waals surface area (Å²) in [4.78, 5) is 32.7. The number of carbonyl (C=O) groups excluding carboxylic acids is 1. The Morgan fingerprint density at radius 1 is 1.14 bits per heavy atom. The maximum absolute atomic E-state index is 13.0. The number of aromatic nitrogens is 3. The molecule has 0 spiro atoms. The minimum absolute atomic E-state index is 0.0975. The molecule has 0 aliphatic carbocycles. The summed E-state index contributed by atoms with van der Waals surface area (Å²) in [7, 11) is 3.57. The van der Waals surface area contributed by atoms with Crippen LogP contribution in [-0.2, 0) is 4.79 Å². The number of methoxy groups -OCH3 is 1. The molecule has 10 nitrogen and oxygen atoms in total. The molecule has 1 fully saturated rings. The monoisotopic (exact) mass is 476 g/mol. The number of benzene rings is 2. The van der Waals surface area contributed by atoms with Crippen LogP contribution in [-0.4, -0.2) is 77.4 Å². The maximum atomic E-state index is 13.0. The first-order valence-electron chi connectivity index (χ1n) is 11.4. The zero-order valence-corrected chi connectivity index (χ0v) is 20.0. The smallest absolute Gasteiger partial charge is 0.261 e. The second kappa shape index (κ2) is 8.95. The Hall–Kier alpha value is -4.05. The molecule has 35 heavy (non-hydrogen) atoms. The van der Waals surface area contributed by atoms with E-state index in [2.05, 4.69) is 9.88 Å². The number of piperazine rings is 1. The summed E-state index contributed by atoms with van der Waals surface area (Å²) in [5, 5.41) is 5.55. The number of nitrogens with two attached hydrogens (primary N) is 1. The number of para-hydroxylation sites is 1. The van der Waals surface area contributed by atoms with E-state index >= 15 is 0 Å². The van der Waals surface area contributed by atoms with Crippen LogP contribution < -0.4 is 20.8 Å². The number of anilines is 1. The number of fused-ring (bicyclic) bond motifs is 3. The molecule has 1 aliphatic rings. The lowest BCUT2D eigenvalue weighted by Gasteiger charge is -2.32. The van der Waals surface area contributed by atoms with Gasteiger partial charge in [0.1, 0.15) is 28.2 Å². The van der Waals surface area contributed by atoms with E-state index in [-0.39, 0.29) is 29.3 Å². The predicted octanol–water partition coefficient (Wildman–Crippen LogP) is 1.92. The summed E-state index contributed by atoms with van der Waals surface area (Å²) in [6, 6.07) is 11.1. The van der Waals surface area contributed by atoms with Crippen molar-refractivity contribution < 1.29 is 14.3 Å². The number of likely N-dealkylation sites (N-methyl/N-ethyl adjacent to an activating group) is 1. The number of nitrogens with one attached hydrogen (secondary N) is 1. The van der Waals surface area contributed by atoms with E-state index in [1.54, 1.807) is 21.7 Å². The van der Waals surface area contributed by atoms with Crippen LogP contribution in [0.3, 0.4) is 0 Å². The number of amides is 1. The van der Waals surface area contributed by atoms with Crippen molar-refractivity contribution >= 4 is 33.5 Å². The summed E-state index contributed by atoms with van der Waals surface area (Å²) in [6.45, 7) is 4.78. The number of ether oxygens (including phenoxy) is 2. The fraction of sp³-hybridized carbons (Fsp3) is 0.320. The number of nitrogen functional groups attached to an aromatic ring is 1. The molecule has 4 aromatic rings. The number of hydrogen-bond acceptors (Lipinski definition) is 7. The van der Waals surface area contributed by atoms with Gasteiger partial charge in [0.25, 0.3) is 11.5 Å². The zero-order valence-electron chi connectivity index (χ0n) is 20.0. The van der Waals surface area contributed by atoms with Crippen molar-refractivity contribution in [3.05, 3.63) is 52.3 Å². The third kappa shape index (κ3) is 4.06. The molecule has 1 aliphatic heterocycles. The Morgan fingerprint density at radius 2 is 1.89 bits per heavy atom. The molecule has 182 valence electrons. The van der Waals surface area contributed by atoms with Gasteiger partial charge in [-0.15, -0.1) is 0 Å². The molecule has 3 heterocycles. The van der Waals surface area contributed by atoms with E-state index in [9.17, 15) is 9.59 Å². The Kier molecular flexibility index (Phi) is 5.81. The summed E-state index contributed by atoms with van der Waals surface area (Å²) >= 11 is 0. The second-order valence-electron chi connectivity index (χ2n) is 8.78. The fourth-order valence-corrected chi connectivity index (χ4v) is 4.45. The molecule has 0 saturated carbocycles. The van der Waals surface area contributed by atoms with Crippen LogP contribution >= 0.6 is 0 Å². The van der Waals surface area contributed by atoms with Gasteiger partial charge in [-0.05, 0) is 25.6 Å². The summed E-state index contributed by atoms with van der Waals surface area (Å²) < 4.78 is 13.0. The van der Waals surface area contributed by atoms with Crippen LogP contribution in [0.25, 0.3) is 27.5 Å². The molecule has 5 rings (SSSR count). The first kappa shape index (κ1) is 22.7. The van der Waals surface area contributed by atoms with Gasteiger partial charge in [-0.2, -0.15) is 5.10 Å². The van der Waals surface area contributed by atoms with Gasteiger partial charge >= 0.3 is 0 Å². The molecular formula is C25H28N6O4. The third-order valence-electron chi connectivity index (χ3n) is 6.50. The highest BCUT2D eigenvalue weighted by Gasteiger charge is 2.23. The van der Waals surface area contributed by atoms with Crippen LogP contribution in [0.2, 0.25) is 0 Å². The van der Waals surface area contributed by atoms with Gasteiger partial charge in [-0.25, -0.2) is 4.68 Å². The standard InChI is InChI=1S/C25H28N6O4/c1-15-6-4-5-7-18(15)31-24(26)22-23(28-31)21-17(27-25(22)33)12-16(34-3)13-19(21)35-14-20(32)30-10-8-29(2)9-11-30/h4-7,12-13H,8-11,14,26H2,1-3H3,(H,27,33). The zero-order chi connectivity index (χ0) is 24.7. The average Bonchev–Trinajstić information content (AvgIpc) is 3.20. The number of carbonyl (C=O) groups is 1. The summed E-state index contributed by atoms with van der Waals surface area (Å²) in [5.41, 5.74) is 8.67. The Bertz CT molecular complexity index is 1480. The topological polar surface area (TPSA) is 119 Å². The minimum atomic E-state index is -0.363. The van der Waals surface area contributed by atoms with E-state index in [1.807, 2.05) is 38.2 Å². The number of hydrogen-bond donors (Lipinski definition) is 2. The predicted molar refractivity (Wildman–Crippen MR) is 134 cm³/mol. The van der Waals surface area contributed by atoms with Crippen molar-refractivity contribution in [1.82, 2.24) is 24.6 Å². The van der Waals surface area contributed by atoms with Gasteiger partial charge in [0, 0.05) is 38.3 Å². The molecule has 2 aromatic heterocycles. The van der Waals surface area contributed by atoms with Gasteiger partial charge in [0.05, 0.1) is 23.7 Å². The van der Waals surface area contributed by atoms with Crippen molar-refractivity contribution in [1.29, 1.82) is 0 Å². The molecule has 0 radical (unpaired) electrons. The van der Waals surface area contributed by atoms with Crippen LogP contribution in [0, 0.1) is 6.92 Å². The van der Waals surface area contributed by atoms with Gasteiger partial charge in [0.2, 0.25) is 0 Å². The summed E-state index contributed by atoms with van der Waals surface area (Å²) in [5.74, 6) is 1.01. The average molecular weight is 477 g/mol. The normalized spacial score (nSPS) is 14.5. The number of pyridine rings is 1. The van der Waals surface area contributed by atoms with Crippen LogP contribution in [0.5, 0.6) is 11.5 Å². The highest BCUT2D eigenvalue weighted by Crippen LogP contribution is 2.36. The van der Waals surface area contributed by atoms with E-state index in [4.69, 9.17) is 20.3 Å². The number of aryl methyl sites for hydroxylation is 1. The molecule has 2 aromatic carbocycles. The highest BCUT2D eigenvalue weighted by atomic mass is 16.5. The number of rotatable bonds is 5. The van der Waals surface area contributed by atoms with Gasteiger partial charge in [-0.3, -0.25) is 9.59 Å². The lowest BCUT2D eigenvalue weighted by atomic mass is 10.1. The largest absolute Gasteiger partial charge is 0.497 e. The SMILES string of the molecule is COc1cc(OCC(=O)N2CCN(C)CC2)c2c(c1)[nH]c(=O)c1c(N)n(-c3ccccc3C)nc12. The lowest BCUT2D eigenvalue weighted by Crippen LogP contribution is -2.48. The first-order chi connectivity index (χ1) is 16.9. The Balaban J connectivity index is 1.61. The van der Waals surface area contributed by atoms with E-state index in [0.29, 0.717) is 41.0 Å². The minimum Gasteiger partial charge on any atom is -0.497 e. The van der Waals surface area contributed by atoms with Crippen molar-refractivity contribution in [2.45, 2.75) is 6.92 Å². The molecule has 0 unspecified atom stereocenters. The van der Waals surface area contributed by atoms with Crippen molar-refractivity contribution in [2.24, 2.45) is 0 Å². The Labute approximate surface area is 201 Å². The van der Waals surface area contributed by atoms with E-state index < -0.39 is 0 Å². The molecule has 0 atom stereocenters. The first-order valence-corrected chi connectivity index (χ1v) is 11.4. The molecule has 1 saturated heterocycles. The van der Waals surface area contributed by atoms with Crippen LogP contribution in [0.15, 0.2) is 41.2 Å². The van der Waals surface area contributed by atoms with Gasteiger partial charge in [-0.1, -0.05) is 18.2 Å². The van der Waals surface area contributed by atoms with E-state index in [0.717, 1.165) is 24.3 Å². The second-order valence-corrected chi connectivity index (χ2v) is 8.78. The van der Waals surface area contributed by atoms with Crippen molar-refractivity contribution in [3.63, 3.8) is 0 Å². The highest BCUT2D eigenvalue weighted by molar-refractivity contribution is 6.10. The van der Waals surface area contributed by atoms with Gasteiger partial charge in [0.15, 0.2) is 6.61 Å². The molecule has 10 heteroatoms.